The third kappa shape index (κ3) is 3.47. The number of rotatable bonds is 5. The molecule has 2 aromatic heterocycles. The molecule has 1 aromatic carbocycles. The van der Waals surface area contributed by atoms with Crippen LogP contribution in [0, 0.1) is 0 Å². The van der Waals surface area contributed by atoms with E-state index in [0.29, 0.717) is 24.3 Å². The van der Waals surface area contributed by atoms with Gasteiger partial charge in [0.2, 0.25) is 5.43 Å². The van der Waals surface area contributed by atoms with Crippen molar-refractivity contribution >= 4 is 16.8 Å². The van der Waals surface area contributed by atoms with Gasteiger partial charge in [-0.05, 0) is 44.2 Å². The number of aliphatic hydroxyl groups is 1. The average Bonchev–Trinajstić information content (AvgIpc) is 3.39. The van der Waals surface area contributed by atoms with E-state index in [9.17, 15) is 14.7 Å². The van der Waals surface area contributed by atoms with Gasteiger partial charge in [-0.1, -0.05) is 0 Å². The van der Waals surface area contributed by atoms with Crippen LogP contribution in [-0.2, 0) is 11.3 Å². The normalized spacial score (nSPS) is 19.2. The zero-order chi connectivity index (χ0) is 20.5. The molecule has 4 rings (SSSR count). The zero-order valence-electron chi connectivity index (χ0n) is 16.5. The lowest BCUT2D eigenvalue weighted by Gasteiger charge is -2.18. The van der Waals surface area contributed by atoms with Crippen molar-refractivity contribution < 1.29 is 19.1 Å². The Labute approximate surface area is 168 Å². The summed E-state index contributed by atoms with van der Waals surface area (Å²) in [7, 11) is 0. The van der Waals surface area contributed by atoms with Gasteiger partial charge >= 0.3 is 0 Å². The first kappa shape index (κ1) is 19.4. The van der Waals surface area contributed by atoms with Crippen LogP contribution >= 0.6 is 0 Å². The van der Waals surface area contributed by atoms with Gasteiger partial charge in [-0.15, -0.1) is 0 Å². The standard InChI is InChI=1S/C22H24N2O5/c1-3-23-11-16(22(27)24-12-18(25)20(13-24)28-4-2)21(26)15-10-14(7-8-17(15)23)19-6-5-9-29-19/h5-11,18,20,25H,3-4,12-13H2,1-2H3/t18-,20-/m0/s1. The Kier molecular flexibility index (Phi) is 5.25. The number of fused-ring (bicyclic) bond motifs is 1. The molecular weight excluding hydrogens is 372 g/mol. The van der Waals surface area contributed by atoms with E-state index in [-0.39, 0.29) is 30.0 Å². The van der Waals surface area contributed by atoms with Gasteiger partial charge < -0.3 is 23.7 Å². The Bertz CT molecular complexity index is 1090. The summed E-state index contributed by atoms with van der Waals surface area (Å²) >= 11 is 0. The molecule has 1 aliphatic heterocycles. The maximum absolute atomic E-state index is 13.2. The quantitative estimate of drug-likeness (QED) is 0.716. The van der Waals surface area contributed by atoms with Crippen LogP contribution in [0.1, 0.15) is 24.2 Å². The molecule has 29 heavy (non-hydrogen) atoms. The maximum Gasteiger partial charge on any atom is 0.259 e. The number of ether oxygens (including phenoxy) is 1. The van der Waals surface area contributed by atoms with Crippen molar-refractivity contribution in [2.24, 2.45) is 0 Å². The van der Waals surface area contributed by atoms with Crippen molar-refractivity contribution in [2.45, 2.75) is 32.6 Å². The second kappa shape index (κ2) is 7.85. The van der Waals surface area contributed by atoms with Gasteiger partial charge in [0.15, 0.2) is 0 Å². The van der Waals surface area contributed by atoms with E-state index in [1.165, 1.54) is 4.90 Å². The predicted octanol–water partition coefficient (Wildman–Crippen LogP) is 2.50. The molecular formula is C22H24N2O5. The van der Waals surface area contributed by atoms with E-state index in [2.05, 4.69) is 0 Å². The molecule has 7 nitrogen and oxygen atoms in total. The first-order valence-electron chi connectivity index (χ1n) is 9.83. The van der Waals surface area contributed by atoms with Crippen LogP contribution in [0.2, 0.25) is 0 Å². The summed E-state index contributed by atoms with van der Waals surface area (Å²) in [6.07, 6.45) is 2.01. The summed E-state index contributed by atoms with van der Waals surface area (Å²) in [5.74, 6) is 0.275. The van der Waals surface area contributed by atoms with Crippen LogP contribution in [0.4, 0.5) is 0 Å². The Morgan fingerprint density at radius 2 is 2.10 bits per heavy atom. The lowest BCUT2D eigenvalue weighted by atomic mass is 10.1. The molecule has 152 valence electrons. The van der Waals surface area contributed by atoms with Crippen LogP contribution in [-0.4, -0.2) is 52.4 Å². The topological polar surface area (TPSA) is 84.9 Å². The highest BCUT2D eigenvalue weighted by molar-refractivity contribution is 5.98. The molecule has 0 spiro atoms. The Hall–Kier alpha value is -2.90. The van der Waals surface area contributed by atoms with Gasteiger partial charge in [0, 0.05) is 43.4 Å². The molecule has 3 heterocycles. The first-order valence-corrected chi connectivity index (χ1v) is 9.83. The molecule has 0 radical (unpaired) electrons. The number of nitrogens with zero attached hydrogens (tertiary/aromatic N) is 2. The third-order valence-corrected chi connectivity index (χ3v) is 5.36. The smallest absolute Gasteiger partial charge is 0.259 e. The Morgan fingerprint density at radius 3 is 2.79 bits per heavy atom. The fourth-order valence-corrected chi connectivity index (χ4v) is 3.88. The van der Waals surface area contributed by atoms with E-state index in [1.54, 1.807) is 24.6 Å². The summed E-state index contributed by atoms with van der Waals surface area (Å²) in [6.45, 7) is 5.29. The summed E-state index contributed by atoms with van der Waals surface area (Å²) in [6, 6.07) is 9.15. The first-order chi connectivity index (χ1) is 14.0. The van der Waals surface area contributed by atoms with Gasteiger partial charge in [0.05, 0.1) is 17.9 Å². The number of pyridine rings is 1. The predicted molar refractivity (Wildman–Crippen MR) is 109 cm³/mol. The van der Waals surface area contributed by atoms with Crippen molar-refractivity contribution in [3.8, 4) is 11.3 Å². The van der Waals surface area contributed by atoms with E-state index in [4.69, 9.17) is 9.15 Å². The number of carbonyl (C=O) groups is 1. The lowest BCUT2D eigenvalue weighted by molar-refractivity contribution is -0.00237. The summed E-state index contributed by atoms with van der Waals surface area (Å²) in [5, 5.41) is 10.6. The van der Waals surface area contributed by atoms with E-state index >= 15 is 0 Å². The largest absolute Gasteiger partial charge is 0.464 e. The molecule has 1 fully saturated rings. The number of furan rings is 1. The maximum atomic E-state index is 13.2. The lowest BCUT2D eigenvalue weighted by Crippen LogP contribution is -2.34. The van der Waals surface area contributed by atoms with Gasteiger partial charge in [-0.25, -0.2) is 0 Å². The fourth-order valence-electron chi connectivity index (χ4n) is 3.88. The number of carbonyl (C=O) groups excluding carboxylic acids is 1. The number of hydrogen-bond acceptors (Lipinski definition) is 5. The highest BCUT2D eigenvalue weighted by atomic mass is 16.5. The van der Waals surface area contributed by atoms with Gasteiger partial charge in [0.25, 0.3) is 5.91 Å². The van der Waals surface area contributed by atoms with Crippen LogP contribution in [0.3, 0.4) is 0 Å². The molecule has 7 heteroatoms. The molecule has 1 amide bonds. The monoisotopic (exact) mass is 396 g/mol. The molecule has 2 atom stereocenters. The minimum Gasteiger partial charge on any atom is -0.464 e. The minimum atomic E-state index is -0.752. The summed E-state index contributed by atoms with van der Waals surface area (Å²) in [5.41, 5.74) is 1.32. The SMILES string of the molecule is CCO[C@H]1CN(C(=O)c2cn(CC)c3ccc(-c4ccco4)cc3c2=O)C[C@@H]1O. The van der Waals surface area contributed by atoms with E-state index < -0.39 is 12.2 Å². The number of aryl methyl sites for hydroxylation is 1. The van der Waals surface area contributed by atoms with Crippen molar-refractivity contribution in [1.82, 2.24) is 9.47 Å². The number of aromatic nitrogens is 1. The molecule has 1 saturated heterocycles. The van der Waals surface area contributed by atoms with Crippen molar-refractivity contribution in [3.63, 3.8) is 0 Å². The fraction of sp³-hybridized carbons (Fsp3) is 0.364. The molecule has 0 saturated carbocycles. The van der Waals surface area contributed by atoms with Gasteiger partial charge in [-0.3, -0.25) is 9.59 Å². The molecule has 3 aromatic rings. The summed E-state index contributed by atoms with van der Waals surface area (Å²) < 4.78 is 12.8. The second-order valence-electron chi connectivity index (χ2n) is 7.14. The molecule has 0 aliphatic carbocycles. The molecule has 0 unspecified atom stereocenters. The highest BCUT2D eigenvalue weighted by Gasteiger charge is 2.35. The summed E-state index contributed by atoms with van der Waals surface area (Å²) in [4.78, 5) is 27.8. The molecule has 1 N–H and O–H groups in total. The highest BCUT2D eigenvalue weighted by Crippen LogP contribution is 2.24. The van der Waals surface area contributed by atoms with Crippen LogP contribution in [0.25, 0.3) is 22.2 Å². The number of likely N-dealkylation sites (tertiary alicyclic amines) is 1. The molecule has 0 bridgehead atoms. The number of hydrogen-bond donors (Lipinski definition) is 1. The van der Waals surface area contributed by atoms with Crippen molar-refractivity contribution in [1.29, 1.82) is 0 Å². The average molecular weight is 396 g/mol. The van der Waals surface area contributed by atoms with Crippen LogP contribution in [0.15, 0.2) is 52.0 Å². The van der Waals surface area contributed by atoms with Gasteiger partial charge in [0.1, 0.15) is 17.4 Å². The Morgan fingerprint density at radius 1 is 1.28 bits per heavy atom. The van der Waals surface area contributed by atoms with Crippen LogP contribution < -0.4 is 5.43 Å². The van der Waals surface area contributed by atoms with E-state index in [1.807, 2.05) is 36.6 Å². The number of amides is 1. The number of aliphatic hydroxyl groups excluding tert-OH is 1. The zero-order valence-corrected chi connectivity index (χ0v) is 16.5. The third-order valence-electron chi connectivity index (χ3n) is 5.36. The van der Waals surface area contributed by atoms with Crippen molar-refractivity contribution in [2.75, 3.05) is 19.7 Å². The van der Waals surface area contributed by atoms with Crippen LogP contribution in [0.5, 0.6) is 0 Å². The Balaban J connectivity index is 1.77. The second-order valence-corrected chi connectivity index (χ2v) is 7.14. The van der Waals surface area contributed by atoms with Crippen molar-refractivity contribution in [3.05, 3.63) is 58.6 Å². The van der Waals surface area contributed by atoms with E-state index in [0.717, 1.165) is 11.1 Å². The minimum absolute atomic E-state index is 0.0975. The number of benzene rings is 1. The number of β-amino-alcohol motifs (C(OH)–C–C–N with tert-alkyl or cyclic N) is 1. The molecule has 1 aliphatic rings. The van der Waals surface area contributed by atoms with Gasteiger partial charge in [-0.2, -0.15) is 0 Å².